The highest BCUT2D eigenvalue weighted by Gasteiger charge is 2.44. The van der Waals surface area contributed by atoms with E-state index >= 15 is 0 Å². The molecule has 0 aromatic carbocycles. The van der Waals surface area contributed by atoms with Gasteiger partial charge in [0.2, 0.25) is 5.91 Å². The second kappa shape index (κ2) is 4.78. The van der Waals surface area contributed by atoms with Gasteiger partial charge >= 0.3 is 0 Å². The predicted molar refractivity (Wildman–Crippen MR) is 58.1 cm³/mol. The van der Waals surface area contributed by atoms with Crippen LogP contribution in [0.4, 0.5) is 0 Å². The van der Waals surface area contributed by atoms with Crippen LogP contribution in [0.2, 0.25) is 0 Å². The summed E-state index contributed by atoms with van der Waals surface area (Å²) in [5.41, 5.74) is 0.493. The fraction of sp³-hybridized carbons (Fsp3) is 0.909. The SMILES string of the molecule is CCNC(=O)CNCC1(C(C)C)CC1. The van der Waals surface area contributed by atoms with Crippen LogP contribution in [0.15, 0.2) is 0 Å². The van der Waals surface area contributed by atoms with Gasteiger partial charge in [-0.15, -0.1) is 0 Å². The Morgan fingerprint density at radius 1 is 1.43 bits per heavy atom. The molecule has 0 bridgehead atoms. The van der Waals surface area contributed by atoms with E-state index in [1.54, 1.807) is 0 Å². The molecule has 0 aromatic rings. The lowest BCUT2D eigenvalue weighted by Gasteiger charge is -2.19. The minimum absolute atomic E-state index is 0.104. The Morgan fingerprint density at radius 3 is 2.50 bits per heavy atom. The van der Waals surface area contributed by atoms with Crippen LogP contribution in [0.3, 0.4) is 0 Å². The molecule has 0 heterocycles. The van der Waals surface area contributed by atoms with Crippen LogP contribution in [-0.4, -0.2) is 25.5 Å². The van der Waals surface area contributed by atoms with E-state index in [4.69, 9.17) is 0 Å². The molecule has 0 saturated heterocycles. The van der Waals surface area contributed by atoms with Gasteiger partial charge in [0.05, 0.1) is 6.54 Å². The van der Waals surface area contributed by atoms with Gasteiger partial charge in [0.15, 0.2) is 0 Å². The lowest BCUT2D eigenvalue weighted by molar-refractivity contribution is -0.120. The molecule has 0 aliphatic heterocycles. The zero-order valence-electron chi connectivity index (χ0n) is 9.52. The Labute approximate surface area is 86.6 Å². The predicted octanol–water partition coefficient (Wildman–Crippen LogP) is 1.15. The van der Waals surface area contributed by atoms with E-state index in [9.17, 15) is 4.79 Å². The molecule has 0 atom stereocenters. The number of rotatable bonds is 6. The molecule has 82 valence electrons. The third-order valence-corrected chi connectivity index (χ3v) is 3.25. The molecule has 1 aliphatic carbocycles. The second-order valence-electron chi connectivity index (χ2n) is 4.57. The summed E-state index contributed by atoms with van der Waals surface area (Å²) in [6, 6.07) is 0. The lowest BCUT2D eigenvalue weighted by atomic mass is 9.92. The van der Waals surface area contributed by atoms with Crippen molar-refractivity contribution >= 4 is 5.91 Å². The molecular formula is C11H22N2O. The van der Waals surface area contributed by atoms with Crippen molar-refractivity contribution in [3.05, 3.63) is 0 Å². The van der Waals surface area contributed by atoms with E-state index < -0.39 is 0 Å². The number of amides is 1. The molecule has 0 spiro atoms. The maximum absolute atomic E-state index is 11.1. The first kappa shape index (κ1) is 11.5. The van der Waals surface area contributed by atoms with Crippen LogP contribution >= 0.6 is 0 Å². The van der Waals surface area contributed by atoms with E-state index in [1.807, 2.05) is 6.92 Å². The van der Waals surface area contributed by atoms with Crippen LogP contribution < -0.4 is 10.6 Å². The van der Waals surface area contributed by atoms with Crippen LogP contribution in [0, 0.1) is 11.3 Å². The maximum Gasteiger partial charge on any atom is 0.233 e. The van der Waals surface area contributed by atoms with Crippen molar-refractivity contribution in [1.82, 2.24) is 10.6 Å². The number of likely N-dealkylation sites (N-methyl/N-ethyl adjacent to an activating group) is 1. The normalized spacial score (nSPS) is 18.3. The van der Waals surface area contributed by atoms with Crippen molar-refractivity contribution < 1.29 is 4.79 Å². The Bertz CT molecular complexity index is 197. The van der Waals surface area contributed by atoms with Crippen LogP contribution in [-0.2, 0) is 4.79 Å². The molecule has 1 aliphatic rings. The number of carbonyl (C=O) groups excluding carboxylic acids is 1. The van der Waals surface area contributed by atoms with Gasteiger partial charge in [0.1, 0.15) is 0 Å². The van der Waals surface area contributed by atoms with Crippen molar-refractivity contribution in [1.29, 1.82) is 0 Å². The van der Waals surface area contributed by atoms with E-state index in [0.29, 0.717) is 12.0 Å². The van der Waals surface area contributed by atoms with Gasteiger partial charge in [-0.1, -0.05) is 13.8 Å². The molecule has 0 unspecified atom stereocenters. The van der Waals surface area contributed by atoms with Gasteiger partial charge in [-0.05, 0) is 31.1 Å². The average molecular weight is 198 g/mol. The highest BCUT2D eigenvalue weighted by molar-refractivity contribution is 5.77. The average Bonchev–Trinajstić information content (AvgIpc) is 2.86. The first-order valence-electron chi connectivity index (χ1n) is 5.58. The molecule has 0 radical (unpaired) electrons. The molecule has 1 saturated carbocycles. The highest BCUT2D eigenvalue weighted by atomic mass is 16.1. The lowest BCUT2D eigenvalue weighted by Crippen LogP contribution is -2.37. The Balaban J connectivity index is 2.12. The highest BCUT2D eigenvalue weighted by Crippen LogP contribution is 2.51. The fourth-order valence-electron chi connectivity index (χ4n) is 1.80. The molecule has 3 nitrogen and oxygen atoms in total. The van der Waals surface area contributed by atoms with Crippen molar-refractivity contribution in [2.24, 2.45) is 11.3 Å². The molecule has 1 amide bonds. The van der Waals surface area contributed by atoms with E-state index in [2.05, 4.69) is 24.5 Å². The second-order valence-corrected chi connectivity index (χ2v) is 4.57. The molecule has 1 rings (SSSR count). The minimum Gasteiger partial charge on any atom is -0.355 e. The van der Waals surface area contributed by atoms with Crippen LogP contribution in [0.5, 0.6) is 0 Å². The summed E-state index contributed by atoms with van der Waals surface area (Å²) in [5.74, 6) is 0.830. The van der Waals surface area contributed by atoms with Gasteiger partial charge in [-0.25, -0.2) is 0 Å². The summed E-state index contributed by atoms with van der Waals surface area (Å²) in [6.07, 6.45) is 2.63. The molecule has 2 N–H and O–H groups in total. The Morgan fingerprint density at radius 2 is 2.07 bits per heavy atom. The summed E-state index contributed by atoms with van der Waals surface area (Å²) in [6.45, 7) is 8.63. The zero-order valence-corrected chi connectivity index (χ0v) is 9.52. The van der Waals surface area contributed by atoms with Gasteiger partial charge in [0, 0.05) is 13.1 Å². The minimum atomic E-state index is 0.104. The van der Waals surface area contributed by atoms with E-state index in [0.717, 1.165) is 19.0 Å². The van der Waals surface area contributed by atoms with Crippen LogP contribution in [0.1, 0.15) is 33.6 Å². The van der Waals surface area contributed by atoms with Gasteiger partial charge in [0.25, 0.3) is 0 Å². The first-order chi connectivity index (χ1) is 6.60. The van der Waals surface area contributed by atoms with E-state index in [-0.39, 0.29) is 5.91 Å². The molecule has 1 fully saturated rings. The number of carbonyl (C=O) groups is 1. The molecule has 0 aromatic heterocycles. The number of hydrogen-bond acceptors (Lipinski definition) is 2. The van der Waals surface area contributed by atoms with Crippen molar-refractivity contribution in [3.8, 4) is 0 Å². The molecule has 3 heteroatoms. The third kappa shape index (κ3) is 2.98. The van der Waals surface area contributed by atoms with Crippen molar-refractivity contribution in [2.45, 2.75) is 33.6 Å². The summed E-state index contributed by atoms with van der Waals surface area (Å²) in [4.78, 5) is 11.1. The quantitative estimate of drug-likeness (QED) is 0.672. The molecular weight excluding hydrogens is 176 g/mol. The zero-order chi connectivity index (χ0) is 10.6. The number of nitrogens with one attached hydrogen (secondary N) is 2. The van der Waals surface area contributed by atoms with Gasteiger partial charge in [-0.3, -0.25) is 4.79 Å². The number of hydrogen-bond donors (Lipinski definition) is 2. The topological polar surface area (TPSA) is 41.1 Å². The van der Waals surface area contributed by atoms with Crippen molar-refractivity contribution in [3.63, 3.8) is 0 Å². The largest absolute Gasteiger partial charge is 0.355 e. The fourth-order valence-corrected chi connectivity index (χ4v) is 1.80. The smallest absolute Gasteiger partial charge is 0.233 e. The summed E-state index contributed by atoms with van der Waals surface area (Å²) in [5, 5.41) is 6.02. The Kier molecular flexibility index (Phi) is 3.93. The third-order valence-electron chi connectivity index (χ3n) is 3.25. The standard InChI is InChI=1S/C11H22N2O/c1-4-13-10(14)7-12-8-11(5-6-11)9(2)3/h9,12H,4-8H2,1-3H3,(H,13,14). The summed E-state index contributed by atoms with van der Waals surface area (Å²) >= 11 is 0. The first-order valence-corrected chi connectivity index (χ1v) is 5.58. The maximum atomic E-state index is 11.1. The van der Waals surface area contributed by atoms with Gasteiger partial charge in [-0.2, -0.15) is 0 Å². The van der Waals surface area contributed by atoms with Crippen LogP contribution in [0.25, 0.3) is 0 Å². The Hall–Kier alpha value is -0.570. The van der Waals surface area contributed by atoms with Crippen molar-refractivity contribution in [2.75, 3.05) is 19.6 Å². The van der Waals surface area contributed by atoms with Gasteiger partial charge < -0.3 is 10.6 Å². The summed E-state index contributed by atoms with van der Waals surface area (Å²) in [7, 11) is 0. The summed E-state index contributed by atoms with van der Waals surface area (Å²) < 4.78 is 0. The van der Waals surface area contributed by atoms with E-state index in [1.165, 1.54) is 12.8 Å². The molecule has 14 heavy (non-hydrogen) atoms. The monoisotopic (exact) mass is 198 g/mol.